The van der Waals surface area contributed by atoms with Crippen molar-refractivity contribution in [3.63, 3.8) is 0 Å². The summed E-state index contributed by atoms with van der Waals surface area (Å²) in [4.78, 5) is 23.3. The molecule has 28 heavy (non-hydrogen) atoms. The van der Waals surface area contributed by atoms with Gasteiger partial charge in [0.1, 0.15) is 17.4 Å². The molecule has 4 heterocycles. The van der Waals surface area contributed by atoms with E-state index in [0.29, 0.717) is 5.82 Å². The molecule has 2 aliphatic heterocycles. The zero-order valence-corrected chi connectivity index (χ0v) is 17.1. The predicted octanol–water partition coefficient (Wildman–Crippen LogP) is 3.54. The number of carbonyl (C=O) groups is 1. The Morgan fingerprint density at radius 2 is 1.82 bits per heavy atom. The lowest BCUT2D eigenvalue weighted by molar-refractivity contribution is 0.0832. The van der Waals surface area contributed by atoms with Crippen molar-refractivity contribution in [1.82, 2.24) is 20.0 Å². The zero-order valence-electron chi connectivity index (χ0n) is 17.1. The smallest absolute Gasteiger partial charge is 0.409 e. The highest BCUT2D eigenvalue weighted by Crippen LogP contribution is 2.38. The Bertz CT molecular complexity index is 876. The first-order valence-corrected chi connectivity index (χ1v) is 9.80. The van der Waals surface area contributed by atoms with Gasteiger partial charge in [0.25, 0.3) is 0 Å². The molecule has 0 radical (unpaired) electrons. The van der Waals surface area contributed by atoms with E-state index in [2.05, 4.69) is 20.4 Å². The Hall–Kier alpha value is -2.64. The van der Waals surface area contributed by atoms with Gasteiger partial charge in [-0.3, -0.25) is 0 Å². The minimum Gasteiger partial charge on any atom is -0.453 e. The molecule has 2 aliphatic rings. The third-order valence-electron chi connectivity index (χ3n) is 5.99. The van der Waals surface area contributed by atoms with Crippen LogP contribution in [0.15, 0.2) is 4.52 Å². The van der Waals surface area contributed by atoms with Crippen molar-refractivity contribution in [2.45, 2.75) is 71.5 Å². The molecule has 2 saturated heterocycles. The first-order valence-electron chi connectivity index (χ1n) is 9.80. The number of ether oxygens (including phenoxy) is 1. The van der Waals surface area contributed by atoms with Gasteiger partial charge in [-0.05, 0) is 53.4 Å². The average Bonchev–Trinajstić information content (AvgIpc) is 3.13. The molecule has 4 rings (SSSR count). The van der Waals surface area contributed by atoms with Crippen LogP contribution in [0.5, 0.6) is 0 Å². The molecular formula is C20H27N5O3. The van der Waals surface area contributed by atoms with Crippen LogP contribution in [0.25, 0.3) is 11.3 Å². The van der Waals surface area contributed by atoms with Crippen LogP contribution in [-0.2, 0) is 4.74 Å². The number of nitrogens with zero attached hydrogens (tertiary/aromatic N) is 4. The highest BCUT2D eigenvalue weighted by molar-refractivity contribution is 5.71. The van der Waals surface area contributed by atoms with E-state index in [9.17, 15) is 4.79 Å². The Morgan fingerprint density at radius 3 is 2.39 bits per heavy atom. The second-order valence-corrected chi connectivity index (χ2v) is 7.87. The summed E-state index contributed by atoms with van der Waals surface area (Å²) in [5.41, 5.74) is 3.62. The molecule has 150 valence electrons. The number of amides is 1. The summed E-state index contributed by atoms with van der Waals surface area (Å²) in [6.07, 6.45) is 3.65. The van der Waals surface area contributed by atoms with Crippen LogP contribution in [0.4, 0.5) is 10.6 Å². The highest BCUT2D eigenvalue weighted by atomic mass is 16.5. The maximum Gasteiger partial charge on any atom is 0.409 e. The number of fused-ring (bicyclic) bond motifs is 2. The third-order valence-corrected chi connectivity index (χ3v) is 5.99. The quantitative estimate of drug-likeness (QED) is 0.863. The van der Waals surface area contributed by atoms with Crippen LogP contribution in [0, 0.1) is 27.7 Å². The Kier molecular flexibility index (Phi) is 4.72. The van der Waals surface area contributed by atoms with Crippen molar-refractivity contribution in [2.75, 3.05) is 12.4 Å². The largest absolute Gasteiger partial charge is 0.453 e. The van der Waals surface area contributed by atoms with E-state index < -0.39 is 0 Å². The van der Waals surface area contributed by atoms with E-state index in [1.54, 1.807) is 0 Å². The lowest BCUT2D eigenvalue weighted by atomic mass is 9.97. The number of methoxy groups -OCH3 is 1. The standard InChI is InChI=1S/C20H27N5O3/c1-10-18(17-11(2)24-28-12(17)3)21-13(4)22-19(10)23-14-8-15-6-7-16(9-14)25(15)20(26)27-5/h14-16H,6-9H2,1-5H3,(H,21,22,23)/t14?,15-,16+. The van der Waals surface area contributed by atoms with Crippen molar-refractivity contribution in [3.8, 4) is 11.3 Å². The summed E-state index contributed by atoms with van der Waals surface area (Å²) >= 11 is 0. The molecule has 3 atom stereocenters. The Balaban J connectivity index is 1.59. The number of rotatable bonds is 3. The van der Waals surface area contributed by atoms with Crippen molar-refractivity contribution in [1.29, 1.82) is 0 Å². The molecule has 0 saturated carbocycles. The van der Waals surface area contributed by atoms with Gasteiger partial charge in [0.15, 0.2) is 0 Å². The minimum absolute atomic E-state index is 0.208. The minimum atomic E-state index is -0.208. The van der Waals surface area contributed by atoms with Crippen LogP contribution in [0.2, 0.25) is 0 Å². The lowest BCUT2D eigenvalue weighted by Crippen LogP contribution is -2.49. The summed E-state index contributed by atoms with van der Waals surface area (Å²) in [5.74, 6) is 2.31. The van der Waals surface area contributed by atoms with Gasteiger partial charge in [-0.25, -0.2) is 14.8 Å². The van der Waals surface area contributed by atoms with E-state index in [1.165, 1.54) is 7.11 Å². The first-order chi connectivity index (χ1) is 13.4. The van der Waals surface area contributed by atoms with Crippen molar-refractivity contribution in [3.05, 3.63) is 22.8 Å². The molecule has 8 nitrogen and oxygen atoms in total. The highest BCUT2D eigenvalue weighted by Gasteiger charge is 2.44. The summed E-state index contributed by atoms with van der Waals surface area (Å²) < 4.78 is 10.3. The number of aryl methyl sites for hydroxylation is 3. The molecule has 0 aromatic carbocycles. The van der Waals surface area contributed by atoms with Crippen LogP contribution in [-0.4, -0.2) is 51.4 Å². The van der Waals surface area contributed by atoms with E-state index in [4.69, 9.17) is 9.26 Å². The molecule has 1 amide bonds. The Labute approximate surface area is 164 Å². The van der Waals surface area contributed by atoms with Gasteiger partial charge in [-0.1, -0.05) is 5.16 Å². The summed E-state index contributed by atoms with van der Waals surface area (Å²) in [5, 5.41) is 7.69. The molecule has 0 spiro atoms. The molecule has 1 N–H and O–H groups in total. The Morgan fingerprint density at radius 1 is 1.14 bits per heavy atom. The monoisotopic (exact) mass is 385 g/mol. The van der Waals surface area contributed by atoms with Crippen molar-refractivity contribution in [2.24, 2.45) is 0 Å². The second-order valence-electron chi connectivity index (χ2n) is 7.87. The van der Waals surface area contributed by atoms with Crippen molar-refractivity contribution >= 4 is 11.9 Å². The summed E-state index contributed by atoms with van der Waals surface area (Å²) in [6.45, 7) is 7.76. The topological polar surface area (TPSA) is 93.4 Å². The molecule has 8 heteroatoms. The van der Waals surface area contributed by atoms with E-state index in [1.807, 2.05) is 32.6 Å². The number of piperidine rings is 1. The summed E-state index contributed by atoms with van der Waals surface area (Å²) in [6, 6.07) is 0.729. The van der Waals surface area contributed by atoms with Crippen LogP contribution in [0.1, 0.15) is 48.5 Å². The van der Waals surface area contributed by atoms with Gasteiger partial charge >= 0.3 is 6.09 Å². The number of hydrogen-bond donors (Lipinski definition) is 1. The lowest BCUT2D eigenvalue weighted by Gasteiger charge is -2.38. The predicted molar refractivity (Wildman–Crippen MR) is 104 cm³/mol. The molecule has 0 aliphatic carbocycles. The van der Waals surface area contributed by atoms with E-state index >= 15 is 0 Å². The fourth-order valence-corrected chi connectivity index (χ4v) is 4.73. The van der Waals surface area contributed by atoms with E-state index in [0.717, 1.165) is 59.8 Å². The maximum absolute atomic E-state index is 12.1. The second kappa shape index (κ2) is 7.07. The van der Waals surface area contributed by atoms with Gasteiger partial charge in [-0.15, -0.1) is 0 Å². The van der Waals surface area contributed by atoms with Crippen molar-refractivity contribution < 1.29 is 14.1 Å². The van der Waals surface area contributed by atoms with Gasteiger partial charge in [-0.2, -0.15) is 0 Å². The van der Waals surface area contributed by atoms with Crippen LogP contribution in [0.3, 0.4) is 0 Å². The van der Waals surface area contributed by atoms with Gasteiger partial charge < -0.3 is 19.5 Å². The fraction of sp³-hybridized carbons (Fsp3) is 0.600. The average molecular weight is 385 g/mol. The van der Waals surface area contributed by atoms with Crippen LogP contribution >= 0.6 is 0 Å². The number of aromatic nitrogens is 3. The fourth-order valence-electron chi connectivity index (χ4n) is 4.73. The molecule has 2 aromatic heterocycles. The third kappa shape index (κ3) is 3.10. The maximum atomic E-state index is 12.1. The van der Waals surface area contributed by atoms with Gasteiger partial charge in [0.05, 0.1) is 24.1 Å². The molecule has 1 unspecified atom stereocenters. The molecular weight excluding hydrogens is 358 g/mol. The van der Waals surface area contributed by atoms with Gasteiger partial charge in [0, 0.05) is 23.7 Å². The number of nitrogens with one attached hydrogen (secondary N) is 1. The summed E-state index contributed by atoms with van der Waals surface area (Å²) in [7, 11) is 1.45. The first kappa shape index (κ1) is 18.7. The number of anilines is 1. The zero-order chi connectivity index (χ0) is 20.0. The molecule has 2 fully saturated rings. The normalized spacial score (nSPS) is 23.8. The van der Waals surface area contributed by atoms with Crippen LogP contribution < -0.4 is 5.32 Å². The van der Waals surface area contributed by atoms with Gasteiger partial charge in [0.2, 0.25) is 0 Å². The SMILES string of the molecule is COC(=O)N1[C@@H]2CC[C@H]1CC(Nc1nc(C)nc(-c3c(C)noc3C)c1C)C2. The molecule has 2 bridgehead atoms. The molecule has 2 aromatic rings. The number of hydrogen-bond acceptors (Lipinski definition) is 7. The van der Waals surface area contributed by atoms with E-state index in [-0.39, 0.29) is 24.2 Å². The number of carbonyl (C=O) groups excluding carboxylic acids is 1.